The smallest absolute Gasteiger partial charge is 0.0898 e. The van der Waals surface area contributed by atoms with Crippen molar-refractivity contribution in [3.05, 3.63) is 40.3 Å². The van der Waals surface area contributed by atoms with Gasteiger partial charge >= 0.3 is 0 Å². The molecule has 0 amide bonds. The number of thiazole rings is 1. The highest BCUT2D eigenvalue weighted by atomic mass is 32.2. The number of thioether (sulfide) groups is 1. The molecular weight excluding hydrogens is 284 g/mol. The minimum atomic E-state index is 0.805. The predicted octanol–water partition coefficient (Wildman–Crippen LogP) is 5.10. The van der Waals surface area contributed by atoms with Crippen molar-refractivity contribution in [2.45, 2.75) is 49.3 Å². The molecule has 1 aliphatic rings. The molecule has 1 fully saturated rings. The lowest BCUT2D eigenvalue weighted by Gasteiger charge is -2.14. The molecule has 1 N–H and O–H groups in total. The van der Waals surface area contributed by atoms with Crippen LogP contribution in [0.5, 0.6) is 0 Å². The first kappa shape index (κ1) is 14.0. The standard InChI is InChI=1S/C16H20N2S2/c1-12-18-13(11-19-12)10-17-15-8-4-5-9-16(15)20-14-6-2-3-7-14/h4-5,8-9,11,14,17H,2-3,6-7,10H2,1H3. The summed E-state index contributed by atoms with van der Waals surface area (Å²) in [5.41, 5.74) is 2.38. The molecule has 4 heteroatoms. The number of anilines is 1. The molecule has 0 radical (unpaired) electrons. The number of hydrogen-bond acceptors (Lipinski definition) is 4. The van der Waals surface area contributed by atoms with E-state index in [0.29, 0.717) is 0 Å². The second kappa shape index (κ2) is 6.64. The second-order valence-corrected chi connectivity index (χ2v) is 7.64. The molecule has 2 nitrogen and oxygen atoms in total. The monoisotopic (exact) mass is 304 g/mol. The Hall–Kier alpha value is -1.000. The van der Waals surface area contributed by atoms with Crippen molar-refractivity contribution < 1.29 is 0 Å². The SMILES string of the molecule is Cc1nc(CNc2ccccc2SC2CCCC2)cs1. The molecule has 0 unspecified atom stereocenters. The number of benzene rings is 1. The highest BCUT2D eigenvalue weighted by molar-refractivity contribution is 8.00. The Morgan fingerprint density at radius 2 is 2.10 bits per heavy atom. The van der Waals surface area contributed by atoms with E-state index in [2.05, 4.69) is 46.9 Å². The molecule has 0 aliphatic heterocycles. The maximum atomic E-state index is 4.51. The van der Waals surface area contributed by atoms with Gasteiger partial charge in [-0.05, 0) is 31.9 Å². The third kappa shape index (κ3) is 3.55. The van der Waals surface area contributed by atoms with E-state index >= 15 is 0 Å². The zero-order chi connectivity index (χ0) is 13.8. The Kier molecular flexibility index (Phi) is 4.63. The first-order valence-corrected chi connectivity index (χ1v) is 8.98. The minimum Gasteiger partial charge on any atom is -0.378 e. The fraction of sp³-hybridized carbons (Fsp3) is 0.438. The number of nitrogens with one attached hydrogen (secondary N) is 1. The summed E-state index contributed by atoms with van der Waals surface area (Å²) in [4.78, 5) is 5.89. The number of para-hydroxylation sites is 1. The lowest BCUT2D eigenvalue weighted by molar-refractivity contribution is 0.886. The Balaban J connectivity index is 1.65. The topological polar surface area (TPSA) is 24.9 Å². The number of rotatable bonds is 5. The Labute approximate surface area is 129 Å². The van der Waals surface area contributed by atoms with Crippen LogP contribution in [0.4, 0.5) is 5.69 Å². The van der Waals surface area contributed by atoms with Crippen molar-refractivity contribution in [3.63, 3.8) is 0 Å². The average Bonchev–Trinajstić information content (AvgIpc) is 3.10. The zero-order valence-corrected chi connectivity index (χ0v) is 13.4. The fourth-order valence-corrected chi connectivity index (χ4v) is 4.54. The Bertz CT molecular complexity index is 559. The molecule has 1 aromatic heterocycles. The molecule has 0 spiro atoms. The Morgan fingerprint density at radius 3 is 2.85 bits per heavy atom. The molecule has 1 aromatic carbocycles. The number of hydrogen-bond donors (Lipinski definition) is 1. The first-order chi connectivity index (χ1) is 9.81. The van der Waals surface area contributed by atoms with Crippen molar-refractivity contribution in [1.82, 2.24) is 4.98 Å². The molecule has 1 heterocycles. The van der Waals surface area contributed by atoms with Crippen LogP contribution in [-0.4, -0.2) is 10.2 Å². The predicted molar refractivity (Wildman–Crippen MR) is 88.7 cm³/mol. The van der Waals surface area contributed by atoms with Gasteiger partial charge in [0, 0.05) is 21.2 Å². The summed E-state index contributed by atoms with van der Waals surface area (Å²) in [5.74, 6) is 0. The van der Waals surface area contributed by atoms with E-state index in [0.717, 1.165) is 22.5 Å². The van der Waals surface area contributed by atoms with Gasteiger partial charge in [0.2, 0.25) is 0 Å². The molecule has 0 saturated heterocycles. The zero-order valence-electron chi connectivity index (χ0n) is 11.8. The van der Waals surface area contributed by atoms with Crippen LogP contribution < -0.4 is 5.32 Å². The summed E-state index contributed by atoms with van der Waals surface area (Å²) in [7, 11) is 0. The van der Waals surface area contributed by atoms with Gasteiger partial charge in [-0.1, -0.05) is 25.0 Å². The quantitative estimate of drug-likeness (QED) is 0.832. The van der Waals surface area contributed by atoms with E-state index in [-0.39, 0.29) is 0 Å². The molecule has 1 saturated carbocycles. The van der Waals surface area contributed by atoms with E-state index < -0.39 is 0 Å². The molecule has 0 bridgehead atoms. The van der Waals surface area contributed by atoms with E-state index in [4.69, 9.17) is 0 Å². The lowest BCUT2D eigenvalue weighted by Crippen LogP contribution is -2.02. The normalized spacial score (nSPS) is 15.7. The van der Waals surface area contributed by atoms with Crippen LogP contribution in [0.25, 0.3) is 0 Å². The maximum absolute atomic E-state index is 4.51. The molecule has 3 rings (SSSR count). The van der Waals surface area contributed by atoms with Gasteiger partial charge in [-0.15, -0.1) is 23.1 Å². The number of nitrogens with zero attached hydrogens (tertiary/aromatic N) is 1. The van der Waals surface area contributed by atoms with Gasteiger partial charge < -0.3 is 5.32 Å². The molecular formula is C16H20N2S2. The average molecular weight is 304 g/mol. The van der Waals surface area contributed by atoms with Crippen molar-refractivity contribution in [3.8, 4) is 0 Å². The van der Waals surface area contributed by atoms with Crippen molar-refractivity contribution in [1.29, 1.82) is 0 Å². The summed E-state index contributed by atoms with van der Waals surface area (Å²) in [6.07, 6.45) is 5.52. The molecule has 1 aliphatic carbocycles. The van der Waals surface area contributed by atoms with Crippen molar-refractivity contribution in [2.24, 2.45) is 0 Å². The van der Waals surface area contributed by atoms with E-state index in [1.54, 1.807) is 11.3 Å². The van der Waals surface area contributed by atoms with Crippen LogP contribution in [0.1, 0.15) is 36.4 Å². The molecule has 106 valence electrons. The minimum absolute atomic E-state index is 0.805. The molecule has 20 heavy (non-hydrogen) atoms. The molecule has 2 aromatic rings. The van der Waals surface area contributed by atoms with E-state index in [1.165, 1.54) is 36.3 Å². The van der Waals surface area contributed by atoms with Crippen molar-refractivity contribution in [2.75, 3.05) is 5.32 Å². The van der Waals surface area contributed by atoms with Crippen LogP contribution in [0.15, 0.2) is 34.5 Å². The summed E-state index contributed by atoms with van der Waals surface area (Å²) in [6, 6.07) is 8.65. The third-order valence-electron chi connectivity index (χ3n) is 3.61. The van der Waals surface area contributed by atoms with Gasteiger partial charge in [-0.2, -0.15) is 0 Å². The van der Waals surface area contributed by atoms with E-state index in [1.807, 2.05) is 11.8 Å². The van der Waals surface area contributed by atoms with Gasteiger partial charge in [0.15, 0.2) is 0 Å². The maximum Gasteiger partial charge on any atom is 0.0898 e. The van der Waals surface area contributed by atoms with Crippen LogP contribution in [-0.2, 0) is 6.54 Å². The summed E-state index contributed by atoms with van der Waals surface area (Å²) < 4.78 is 0. The highest BCUT2D eigenvalue weighted by Gasteiger charge is 2.17. The Morgan fingerprint density at radius 1 is 1.30 bits per heavy atom. The third-order valence-corrected chi connectivity index (χ3v) is 5.85. The van der Waals surface area contributed by atoms with Gasteiger partial charge in [-0.3, -0.25) is 0 Å². The summed E-state index contributed by atoms with van der Waals surface area (Å²) in [5, 5.41) is 7.61. The molecule has 0 atom stereocenters. The summed E-state index contributed by atoms with van der Waals surface area (Å²) in [6.45, 7) is 2.87. The van der Waals surface area contributed by atoms with Crippen LogP contribution in [0, 0.1) is 6.92 Å². The fourth-order valence-electron chi connectivity index (χ4n) is 2.58. The van der Waals surface area contributed by atoms with Crippen LogP contribution >= 0.6 is 23.1 Å². The lowest BCUT2D eigenvalue weighted by atomic mass is 10.3. The van der Waals surface area contributed by atoms with Gasteiger partial charge in [0.05, 0.1) is 17.2 Å². The second-order valence-electron chi connectivity index (χ2n) is 5.23. The van der Waals surface area contributed by atoms with Gasteiger partial charge in [0.25, 0.3) is 0 Å². The van der Waals surface area contributed by atoms with Gasteiger partial charge in [0.1, 0.15) is 0 Å². The first-order valence-electron chi connectivity index (χ1n) is 7.22. The van der Waals surface area contributed by atoms with Crippen molar-refractivity contribution >= 4 is 28.8 Å². The van der Waals surface area contributed by atoms with E-state index in [9.17, 15) is 0 Å². The van der Waals surface area contributed by atoms with Crippen LogP contribution in [0.3, 0.4) is 0 Å². The highest BCUT2D eigenvalue weighted by Crippen LogP contribution is 2.38. The van der Waals surface area contributed by atoms with Crippen LogP contribution in [0.2, 0.25) is 0 Å². The largest absolute Gasteiger partial charge is 0.378 e. The van der Waals surface area contributed by atoms with Gasteiger partial charge in [-0.25, -0.2) is 4.98 Å². The number of aryl methyl sites for hydroxylation is 1. The number of aromatic nitrogens is 1. The summed E-state index contributed by atoms with van der Waals surface area (Å²) >= 11 is 3.75.